The van der Waals surface area contributed by atoms with Crippen LogP contribution in [-0.2, 0) is 14.3 Å². The van der Waals surface area contributed by atoms with Gasteiger partial charge in [-0.15, -0.1) is 11.3 Å². The van der Waals surface area contributed by atoms with Crippen LogP contribution < -0.4 is 5.32 Å². The molecule has 0 bridgehead atoms. The SMILES string of the molecule is CC(=O)N/C(=C/c1cccs1)C1=N/C(=C/c2ccc([N+](=O)[O-])cc2)C(=O)O1. The summed E-state index contributed by atoms with van der Waals surface area (Å²) in [6.45, 7) is 1.34. The lowest BCUT2D eigenvalue weighted by molar-refractivity contribution is -0.384. The molecule has 27 heavy (non-hydrogen) atoms. The number of rotatable bonds is 5. The van der Waals surface area contributed by atoms with Crippen molar-refractivity contribution in [3.63, 3.8) is 0 Å². The molecule has 9 heteroatoms. The molecule has 1 aromatic carbocycles. The van der Waals surface area contributed by atoms with Gasteiger partial charge in [0, 0.05) is 23.9 Å². The zero-order chi connectivity index (χ0) is 19.4. The lowest BCUT2D eigenvalue weighted by atomic mass is 10.2. The third-order valence-corrected chi connectivity index (χ3v) is 4.22. The van der Waals surface area contributed by atoms with Crippen molar-refractivity contribution in [2.75, 3.05) is 0 Å². The molecule has 2 aromatic rings. The molecule has 0 fully saturated rings. The van der Waals surface area contributed by atoms with E-state index in [2.05, 4.69) is 10.3 Å². The number of aliphatic imine (C=N–C) groups is 1. The molecule has 3 rings (SSSR count). The molecule has 0 atom stereocenters. The van der Waals surface area contributed by atoms with Crippen molar-refractivity contribution in [2.24, 2.45) is 4.99 Å². The fourth-order valence-electron chi connectivity index (χ4n) is 2.23. The highest BCUT2D eigenvalue weighted by Crippen LogP contribution is 2.21. The molecule has 0 unspecified atom stereocenters. The second kappa shape index (κ2) is 7.75. The van der Waals surface area contributed by atoms with Crippen molar-refractivity contribution in [1.82, 2.24) is 5.32 Å². The summed E-state index contributed by atoms with van der Waals surface area (Å²) in [6.07, 6.45) is 3.11. The van der Waals surface area contributed by atoms with Crippen molar-refractivity contribution in [2.45, 2.75) is 6.92 Å². The van der Waals surface area contributed by atoms with Gasteiger partial charge in [-0.25, -0.2) is 9.79 Å². The van der Waals surface area contributed by atoms with Gasteiger partial charge in [0.1, 0.15) is 5.70 Å². The van der Waals surface area contributed by atoms with Crippen molar-refractivity contribution in [3.05, 3.63) is 73.7 Å². The van der Waals surface area contributed by atoms with Gasteiger partial charge >= 0.3 is 5.97 Å². The zero-order valence-electron chi connectivity index (χ0n) is 14.0. The fraction of sp³-hybridized carbons (Fsp3) is 0.0556. The number of carbonyl (C=O) groups excluding carboxylic acids is 2. The topological polar surface area (TPSA) is 111 Å². The Labute approximate surface area is 157 Å². The second-order valence-electron chi connectivity index (χ2n) is 5.44. The summed E-state index contributed by atoms with van der Waals surface area (Å²) in [5, 5.41) is 15.2. The van der Waals surface area contributed by atoms with Crippen LogP contribution in [0.25, 0.3) is 12.2 Å². The lowest BCUT2D eigenvalue weighted by Gasteiger charge is -2.05. The average molecular weight is 383 g/mol. The van der Waals surface area contributed by atoms with E-state index in [4.69, 9.17) is 4.74 Å². The van der Waals surface area contributed by atoms with Crippen LogP contribution in [0.15, 0.2) is 58.2 Å². The van der Waals surface area contributed by atoms with Crippen molar-refractivity contribution in [3.8, 4) is 0 Å². The van der Waals surface area contributed by atoms with E-state index >= 15 is 0 Å². The van der Waals surface area contributed by atoms with Gasteiger partial charge in [0.15, 0.2) is 5.70 Å². The van der Waals surface area contributed by atoms with Crippen LogP contribution >= 0.6 is 11.3 Å². The number of hydrogen-bond acceptors (Lipinski definition) is 7. The average Bonchev–Trinajstić information content (AvgIpc) is 3.25. The number of benzene rings is 1. The van der Waals surface area contributed by atoms with E-state index in [1.807, 2.05) is 17.5 Å². The van der Waals surface area contributed by atoms with Gasteiger partial charge < -0.3 is 10.1 Å². The maximum Gasteiger partial charge on any atom is 0.363 e. The summed E-state index contributed by atoms with van der Waals surface area (Å²) in [6, 6.07) is 9.36. The predicted octanol–water partition coefficient (Wildman–Crippen LogP) is 3.13. The van der Waals surface area contributed by atoms with E-state index in [0.717, 1.165) is 4.88 Å². The van der Waals surface area contributed by atoms with Gasteiger partial charge in [-0.1, -0.05) is 6.07 Å². The molecule has 0 saturated carbocycles. The molecule has 1 aliphatic heterocycles. The number of nitrogens with zero attached hydrogens (tertiary/aromatic N) is 2. The number of esters is 1. The molecule has 1 N–H and O–H groups in total. The molecule has 1 aromatic heterocycles. The van der Waals surface area contributed by atoms with E-state index in [9.17, 15) is 19.7 Å². The van der Waals surface area contributed by atoms with Gasteiger partial charge in [0.2, 0.25) is 11.8 Å². The minimum Gasteiger partial charge on any atom is -0.400 e. The fourth-order valence-corrected chi connectivity index (χ4v) is 2.89. The van der Waals surface area contributed by atoms with E-state index in [0.29, 0.717) is 5.56 Å². The maximum atomic E-state index is 12.1. The highest BCUT2D eigenvalue weighted by Gasteiger charge is 2.26. The predicted molar refractivity (Wildman–Crippen MR) is 101 cm³/mol. The van der Waals surface area contributed by atoms with Crippen LogP contribution in [0, 0.1) is 10.1 Å². The molecular weight excluding hydrogens is 370 g/mol. The van der Waals surface area contributed by atoms with Gasteiger partial charge in [0.05, 0.1) is 4.92 Å². The number of amides is 1. The third-order valence-electron chi connectivity index (χ3n) is 3.40. The minimum atomic E-state index is -0.675. The molecule has 0 spiro atoms. The first-order chi connectivity index (χ1) is 12.9. The molecular formula is C18H13N3O5S. The van der Waals surface area contributed by atoms with E-state index < -0.39 is 10.9 Å². The molecule has 0 radical (unpaired) electrons. The Bertz CT molecular complexity index is 989. The Hall–Kier alpha value is -3.59. The quantitative estimate of drug-likeness (QED) is 0.369. The van der Waals surface area contributed by atoms with E-state index in [1.165, 1.54) is 48.6 Å². The summed E-state index contributed by atoms with van der Waals surface area (Å²) >= 11 is 1.45. The number of carbonyl (C=O) groups is 2. The summed E-state index contributed by atoms with van der Waals surface area (Å²) < 4.78 is 5.18. The number of non-ortho nitro benzene ring substituents is 1. The second-order valence-corrected chi connectivity index (χ2v) is 6.42. The number of thiophene rings is 1. The Morgan fingerprint density at radius 1 is 1.30 bits per heavy atom. The largest absolute Gasteiger partial charge is 0.400 e. The van der Waals surface area contributed by atoms with Gasteiger partial charge in [-0.3, -0.25) is 14.9 Å². The van der Waals surface area contributed by atoms with Crippen LogP contribution in [0.4, 0.5) is 5.69 Å². The van der Waals surface area contributed by atoms with Crippen LogP contribution in [0.1, 0.15) is 17.4 Å². The molecule has 1 aliphatic rings. The minimum absolute atomic E-state index is 0.0169. The highest BCUT2D eigenvalue weighted by molar-refractivity contribution is 7.10. The molecule has 0 aliphatic carbocycles. The number of ether oxygens (including phenoxy) is 1. The van der Waals surface area contributed by atoms with E-state index in [-0.39, 0.29) is 28.9 Å². The number of hydrogen-bond donors (Lipinski definition) is 1. The number of nitrogens with one attached hydrogen (secondary N) is 1. The van der Waals surface area contributed by atoms with Crippen LogP contribution in [0.3, 0.4) is 0 Å². The Morgan fingerprint density at radius 3 is 2.63 bits per heavy atom. The van der Waals surface area contributed by atoms with Crippen molar-refractivity contribution in [1.29, 1.82) is 0 Å². The Kier molecular flexibility index (Phi) is 5.23. The molecule has 1 amide bonds. The smallest absolute Gasteiger partial charge is 0.363 e. The van der Waals surface area contributed by atoms with Crippen LogP contribution in [0.2, 0.25) is 0 Å². The van der Waals surface area contributed by atoms with Crippen LogP contribution in [0.5, 0.6) is 0 Å². The van der Waals surface area contributed by atoms with Crippen molar-refractivity contribution < 1.29 is 19.2 Å². The summed E-state index contributed by atoms with van der Waals surface area (Å²) in [4.78, 5) is 38.8. The Balaban J connectivity index is 1.91. The monoisotopic (exact) mass is 383 g/mol. The normalized spacial score (nSPS) is 15.4. The first-order valence-electron chi connectivity index (χ1n) is 7.72. The van der Waals surface area contributed by atoms with Crippen molar-refractivity contribution >= 4 is 47.0 Å². The summed E-state index contributed by atoms with van der Waals surface area (Å²) in [7, 11) is 0. The van der Waals surface area contributed by atoms with Gasteiger partial charge in [-0.05, 0) is 41.3 Å². The first-order valence-corrected chi connectivity index (χ1v) is 8.60. The van der Waals surface area contributed by atoms with E-state index in [1.54, 1.807) is 6.08 Å². The van der Waals surface area contributed by atoms with Gasteiger partial charge in [-0.2, -0.15) is 0 Å². The third kappa shape index (κ3) is 4.53. The Morgan fingerprint density at radius 2 is 2.04 bits per heavy atom. The molecule has 136 valence electrons. The number of cyclic esters (lactones) is 1. The highest BCUT2D eigenvalue weighted by atomic mass is 32.1. The molecule has 0 saturated heterocycles. The maximum absolute atomic E-state index is 12.1. The molecule has 8 nitrogen and oxygen atoms in total. The van der Waals surface area contributed by atoms with Gasteiger partial charge in [0.25, 0.3) is 5.69 Å². The number of nitro groups is 1. The first kappa shape index (κ1) is 18.2. The summed E-state index contributed by atoms with van der Waals surface area (Å²) in [5.74, 6) is -1.02. The molecule has 2 heterocycles. The zero-order valence-corrected chi connectivity index (χ0v) is 14.9. The van der Waals surface area contributed by atoms with Crippen LogP contribution in [-0.4, -0.2) is 22.7 Å². The summed E-state index contributed by atoms with van der Waals surface area (Å²) in [5.41, 5.74) is 0.801. The number of nitro benzene ring substituents is 1. The standard InChI is InChI=1S/C18H13N3O5S/c1-11(22)19-15(10-14-3-2-8-27-14)17-20-16(18(23)26-17)9-12-4-6-13(7-5-12)21(24)25/h2-10H,1H3,(H,19,22)/b15-10+,16-9+. The lowest BCUT2D eigenvalue weighted by Crippen LogP contribution is -2.25.